The van der Waals surface area contributed by atoms with Gasteiger partial charge in [-0.1, -0.05) is 41.9 Å². The van der Waals surface area contributed by atoms with Crippen LogP contribution in [0.2, 0.25) is 10.0 Å². The molecule has 1 aromatic carbocycles. The third-order valence-electron chi connectivity index (χ3n) is 7.89. The summed E-state index contributed by atoms with van der Waals surface area (Å²) in [5.74, 6) is 0.317. The second-order valence-electron chi connectivity index (χ2n) is 10.2. The SMILES string of the molecule is C=CC(=O)N1CCN(c2nc(=O)n3c4c2cc(Cl)c(-c2c(Cl)cccc2C=O)[n+]4C(C)c2ncnc(C)c2-3)[C@@H](C)C1. The first kappa shape index (κ1) is 27.0. The van der Waals surface area contributed by atoms with Crippen molar-refractivity contribution in [2.45, 2.75) is 32.9 Å². The molecule has 6 rings (SSSR count). The molecule has 2 aliphatic rings. The summed E-state index contributed by atoms with van der Waals surface area (Å²) in [6.07, 6.45) is 3.50. The van der Waals surface area contributed by atoms with Crippen molar-refractivity contribution in [1.82, 2.24) is 24.4 Å². The molecule has 3 aromatic heterocycles. The van der Waals surface area contributed by atoms with Gasteiger partial charge in [-0.3, -0.25) is 9.59 Å². The number of anilines is 1. The van der Waals surface area contributed by atoms with E-state index >= 15 is 0 Å². The Labute approximate surface area is 245 Å². The maximum Gasteiger partial charge on any atom is 0.442 e. The van der Waals surface area contributed by atoms with E-state index in [1.165, 1.54) is 17.0 Å². The van der Waals surface area contributed by atoms with Gasteiger partial charge in [-0.05, 0) is 39.0 Å². The molecule has 0 radical (unpaired) electrons. The number of aldehydes is 1. The molecule has 208 valence electrons. The van der Waals surface area contributed by atoms with E-state index in [9.17, 15) is 14.4 Å². The molecular weight excluding hydrogens is 565 g/mol. The lowest BCUT2D eigenvalue weighted by Crippen LogP contribution is -2.55. The molecular formula is C29H26Cl2N7O3+. The topological polar surface area (TPSA) is 105 Å². The zero-order valence-corrected chi connectivity index (χ0v) is 24.1. The minimum atomic E-state index is -0.507. The summed E-state index contributed by atoms with van der Waals surface area (Å²) in [6, 6.07) is 6.28. The highest BCUT2D eigenvalue weighted by molar-refractivity contribution is 6.37. The molecule has 41 heavy (non-hydrogen) atoms. The summed E-state index contributed by atoms with van der Waals surface area (Å²) in [5.41, 5.74) is 3.13. The van der Waals surface area contributed by atoms with Gasteiger partial charge >= 0.3 is 11.3 Å². The predicted octanol–water partition coefficient (Wildman–Crippen LogP) is 3.70. The van der Waals surface area contributed by atoms with Crippen LogP contribution in [0.3, 0.4) is 0 Å². The van der Waals surface area contributed by atoms with Crippen molar-refractivity contribution in [3.63, 3.8) is 0 Å². The van der Waals surface area contributed by atoms with Gasteiger partial charge in [-0.15, -0.1) is 4.57 Å². The standard InChI is InChI=1S/C29H26Cl2N7O3/c1-5-22(40)35-9-10-36(15(2)12-35)27-19-11-21(31)26(23-18(13-39)7-6-8-20(23)30)37-17(4)24-25(16(3)32-14-33-24)38(28(19)37)29(41)34-27/h5-8,11,13-15,17H,1,9-10,12H2,2-4H3/q+1/t15-,17?/m0/s1. The fourth-order valence-corrected chi connectivity index (χ4v) is 6.58. The molecule has 5 heterocycles. The maximum atomic E-state index is 13.9. The first-order valence-corrected chi connectivity index (χ1v) is 13.9. The van der Waals surface area contributed by atoms with Crippen molar-refractivity contribution in [3.8, 4) is 16.9 Å². The molecule has 2 aliphatic heterocycles. The van der Waals surface area contributed by atoms with Crippen molar-refractivity contribution >= 4 is 52.2 Å². The van der Waals surface area contributed by atoms with E-state index < -0.39 is 11.7 Å². The predicted molar refractivity (Wildman–Crippen MR) is 156 cm³/mol. The van der Waals surface area contributed by atoms with Crippen molar-refractivity contribution in [3.05, 3.63) is 80.7 Å². The van der Waals surface area contributed by atoms with Crippen molar-refractivity contribution in [2.24, 2.45) is 0 Å². The Hall–Kier alpha value is -4.15. The van der Waals surface area contributed by atoms with Crippen molar-refractivity contribution in [2.75, 3.05) is 24.5 Å². The smallest absolute Gasteiger partial charge is 0.349 e. The van der Waals surface area contributed by atoms with Crippen LogP contribution in [0.5, 0.6) is 0 Å². The van der Waals surface area contributed by atoms with Gasteiger partial charge in [-0.25, -0.2) is 19.3 Å². The number of halogens is 2. The minimum Gasteiger partial charge on any atom is -0.349 e. The van der Waals surface area contributed by atoms with Crippen LogP contribution in [-0.2, 0) is 4.79 Å². The Morgan fingerprint density at radius 3 is 2.66 bits per heavy atom. The highest BCUT2D eigenvalue weighted by atomic mass is 35.5. The number of benzene rings is 1. The number of carbonyl (C=O) groups excluding carboxylic acids is 2. The summed E-state index contributed by atoms with van der Waals surface area (Å²) in [4.78, 5) is 55.6. The van der Waals surface area contributed by atoms with E-state index in [2.05, 4.69) is 21.5 Å². The number of pyridine rings is 1. The molecule has 0 bridgehead atoms. The lowest BCUT2D eigenvalue weighted by molar-refractivity contribution is -0.679. The molecule has 1 fully saturated rings. The second kappa shape index (κ2) is 10.0. The third kappa shape index (κ3) is 4.04. The van der Waals surface area contributed by atoms with Gasteiger partial charge in [0.2, 0.25) is 5.91 Å². The van der Waals surface area contributed by atoms with E-state index in [0.717, 1.165) is 6.29 Å². The van der Waals surface area contributed by atoms with E-state index in [1.807, 2.05) is 30.2 Å². The number of hydrogen-bond donors (Lipinski definition) is 0. The number of aromatic nitrogens is 5. The van der Waals surface area contributed by atoms with Gasteiger partial charge in [0.1, 0.15) is 23.4 Å². The van der Waals surface area contributed by atoms with Crippen LogP contribution in [-0.4, -0.2) is 62.3 Å². The van der Waals surface area contributed by atoms with Crippen LogP contribution in [0, 0.1) is 6.92 Å². The van der Waals surface area contributed by atoms with E-state index in [-0.39, 0.29) is 11.9 Å². The van der Waals surface area contributed by atoms with Gasteiger partial charge in [0, 0.05) is 31.2 Å². The van der Waals surface area contributed by atoms with Crippen molar-refractivity contribution in [1.29, 1.82) is 0 Å². The van der Waals surface area contributed by atoms with Crippen LogP contribution >= 0.6 is 23.2 Å². The number of amides is 1. The molecule has 1 unspecified atom stereocenters. The summed E-state index contributed by atoms with van der Waals surface area (Å²) in [5, 5.41) is 1.31. The number of fused-ring (bicyclic) bond motifs is 2. The molecule has 0 spiro atoms. The van der Waals surface area contributed by atoms with E-state index in [4.69, 9.17) is 23.2 Å². The summed E-state index contributed by atoms with van der Waals surface area (Å²) >= 11 is 13.8. The van der Waals surface area contributed by atoms with Gasteiger partial charge in [0.25, 0.3) is 0 Å². The zero-order chi connectivity index (χ0) is 29.2. The second-order valence-corrected chi connectivity index (χ2v) is 11.0. The maximum absolute atomic E-state index is 13.9. The first-order chi connectivity index (χ1) is 19.7. The number of piperazine rings is 1. The number of hydrogen-bond acceptors (Lipinski definition) is 7. The lowest BCUT2D eigenvalue weighted by Gasteiger charge is -2.40. The molecule has 2 atom stereocenters. The fourth-order valence-electron chi connectivity index (χ4n) is 6.01. The highest BCUT2D eigenvalue weighted by Crippen LogP contribution is 2.40. The molecule has 0 N–H and O–H groups in total. The molecule has 10 nitrogen and oxygen atoms in total. The zero-order valence-electron chi connectivity index (χ0n) is 22.6. The Kier molecular flexibility index (Phi) is 6.62. The quantitative estimate of drug-likeness (QED) is 0.203. The van der Waals surface area contributed by atoms with Gasteiger partial charge in [0.05, 0.1) is 21.3 Å². The van der Waals surface area contributed by atoms with Crippen LogP contribution in [0.25, 0.3) is 28.0 Å². The van der Waals surface area contributed by atoms with Gasteiger partial charge in [-0.2, -0.15) is 4.98 Å². The molecule has 0 saturated carbocycles. The normalized spacial score (nSPS) is 17.9. The third-order valence-corrected chi connectivity index (χ3v) is 8.49. The number of rotatable bonds is 4. The molecule has 1 amide bonds. The Bertz CT molecular complexity index is 1860. The van der Waals surface area contributed by atoms with E-state index in [0.29, 0.717) is 80.4 Å². The van der Waals surface area contributed by atoms with Gasteiger partial charge in [0.15, 0.2) is 23.5 Å². The van der Waals surface area contributed by atoms with Crippen LogP contribution in [0.4, 0.5) is 5.82 Å². The van der Waals surface area contributed by atoms with Crippen molar-refractivity contribution < 1.29 is 14.2 Å². The van der Waals surface area contributed by atoms with Crippen LogP contribution in [0.15, 0.2) is 48.0 Å². The minimum absolute atomic E-state index is 0.142. The Balaban J connectivity index is 1.71. The van der Waals surface area contributed by atoms with E-state index in [1.54, 1.807) is 29.2 Å². The Morgan fingerprint density at radius 1 is 1.17 bits per heavy atom. The summed E-state index contributed by atoms with van der Waals surface area (Å²) < 4.78 is 3.43. The number of aryl methyl sites for hydroxylation is 1. The van der Waals surface area contributed by atoms with Gasteiger partial charge < -0.3 is 9.80 Å². The number of carbonyl (C=O) groups is 2. The monoisotopic (exact) mass is 590 g/mol. The lowest BCUT2D eigenvalue weighted by atomic mass is 10.00. The largest absolute Gasteiger partial charge is 0.442 e. The number of nitrogens with zero attached hydrogens (tertiary/aromatic N) is 7. The van der Waals surface area contributed by atoms with Crippen LogP contribution in [0.1, 0.15) is 41.6 Å². The van der Waals surface area contributed by atoms with Crippen LogP contribution < -0.4 is 15.2 Å². The molecule has 12 heteroatoms. The Morgan fingerprint density at radius 2 is 1.95 bits per heavy atom. The fraction of sp³-hybridized carbons (Fsp3) is 0.276. The molecule has 0 aliphatic carbocycles. The molecule has 1 saturated heterocycles. The highest BCUT2D eigenvalue weighted by Gasteiger charge is 2.41. The average molecular weight is 591 g/mol. The average Bonchev–Trinajstić information content (AvgIpc) is 2.96. The summed E-state index contributed by atoms with van der Waals surface area (Å²) in [7, 11) is 0. The first-order valence-electron chi connectivity index (χ1n) is 13.1. The molecule has 4 aromatic rings. The summed E-state index contributed by atoms with van der Waals surface area (Å²) in [6.45, 7) is 10.7.